The molecule has 0 saturated carbocycles. The molecule has 1 aliphatic heterocycles. The number of urea groups is 1. The summed E-state index contributed by atoms with van der Waals surface area (Å²) in [5.41, 5.74) is 0.501. The molecular formula is C20H26N6O2. The Bertz CT molecular complexity index is 821. The summed E-state index contributed by atoms with van der Waals surface area (Å²) >= 11 is 0. The van der Waals surface area contributed by atoms with Crippen molar-refractivity contribution in [2.45, 2.75) is 37.8 Å². The third kappa shape index (κ3) is 4.15. The number of carbonyl (C=O) groups is 1. The highest BCUT2D eigenvalue weighted by molar-refractivity contribution is 5.74. The fourth-order valence-electron chi connectivity index (χ4n) is 3.62. The predicted molar refractivity (Wildman–Crippen MR) is 103 cm³/mol. The van der Waals surface area contributed by atoms with E-state index in [0.29, 0.717) is 44.9 Å². The number of methoxy groups -OCH3 is 1. The van der Waals surface area contributed by atoms with Gasteiger partial charge in [-0.05, 0) is 25.3 Å². The Kier molecular flexibility index (Phi) is 6.26. The van der Waals surface area contributed by atoms with Gasteiger partial charge >= 0.3 is 6.03 Å². The van der Waals surface area contributed by atoms with E-state index >= 15 is 0 Å². The maximum absolute atomic E-state index is 12.7. The van der Waals surface area contributed by atoms with Crippen LogP contribution in [0.25, 0.3) is 0 Å². The van der Waals surface area contributed by atoms with Crippen LogP contribution in [0, 0.1) is 11.3 Å². The lowest BCUT2D eigenvalue weighted by Gasteiger charge is -2.38. The van der Waals surface area contributed by atoms with E-state index in [9.17, 15) is 10.1 Å². The molecule has 1 saturated heterocycles. The van der Waals surface area contributed by atoms with Crippen molar-refractivity contribution in [1.29, 1.82) is 5.26 Å². The third-order valence-corrected chi connectivity index (χ3v) is 5.35. The van der Waals surface area contributed by atoms with Gasteiger partial charge < -0.3 is 19.5 Å². The minimum absolute atomic E-state index is 0.145. The molecule has 8 heteroatoms. The number of rotatable bonds is 6. The summed E-state index contributed by atoms with van der Waals surface area (Å²) in [7, 11) is 1.64. The quantitative estimate of drug-likeness (QED) is 0.827. The number of carbonyl (C=O) groups excluding carboxylic acids is 1. The lowest BCUT2D eigenvalue weighted by atomic mass is 9.74. The van der Waals surface area contributed by atoms with Crippen molar-refractivity contribution in [2.24, 2.45) is 0 Å². The molecule has 1 atom stereocenters. The van der Waals surface area contributed by atoms with E-state index in [4.69, 9.17) is 4.74 Å². The van der Waals surface area contributed by atoms with Crippen LogP contribution in [0.3, 0.4) is 0 Å². The number of aromatic nitrogens is 3. The van der Waals surface area contributed by atoms with Gasteiger partial charge in [0.2, 0.25) is 0 Å². The van der Waals surface area contributed by atoms with Gasteiger partial charge in [0, 0.05) is 26.7 Å². The fraction of sp³-hybridized carbons (Fsp3) is 0.500. The van der Waals surface area contributed by atoms with Crippen LogP contribution in [0.4, 0.5) is 4.79 Å². The van der Waals surface area contributed by atoms with Gasteiger partial charge in [0.1, 0.15) is 6.33 Å². The zero-order valence-electron chi connectivity index (χ0n) is 16.3. The van der Waals surface area contributed by atoms with Crippen molar-refractivity contribution in [3.8, 4) is 6.07 Å². The first-order valence-electron chi connectivity index (χ1n) is 9.48. The number of benzene rings is 1. The summed E-state index contributed by atoms with van der Waals surface area (Å²) in [6.07, 6.45) is 2.89. The second-order valence-corrected chi connectivity index (χ2v) is 7.09. The Morgan fingerprint density at radius 3 is 2.71 bits per heavy atom. The van der Waals surface area contributed by atoms with E-state index in [1.165, 1.54) is 0 Å². The van der Waals surface area contributed by atoms with Gasteiger partial charge in [-0.25, -0.2) is 4.79 Å². The molecule has 1 aliphatic rings. The summed E-state index contributed by atoms with van der Waals surface area (Å²) in [5.74, 6) is 0.693. The maximum Gasteiger partial charge on any atom is 0.317 e. The van der Waals surface area contributed by atoms with E-state index in [-0.39, 0.29) is 12.1 Å². The summed E-state index contributed by atoms with van der Waals surface area (Å²) in [6, 6.07) is 11.9. The largest absolute Gasteiger partial charge is 0.383 e. The third-order valence-electron chi connectivity index (χ3n) is 5.35. The molecule has 0 spiro atoms. The number of amides is 2. The summed E-state index contributed by atoms with van der Waals surface area (Å²) in [6.45, 7) is 4.14. The van der Waals surface area contributed by atoms with E-state index < -0.39 is 5.41 Å². The molecule has 0 bridgehead atoms. The van der Waals surface area contributed by atoms with E-state index in [0.717, 1.165) is 5.56 Å². The number of piperidine rings is 1. The first-order valence-corrected chi connectivity index (χ1v) is 9.48. The Morgan fingerprint density at radius 1 is 1.36 bits per heavy atom. The lowest BCUT2D eigenvalue weighted by molar-refractivity contribution is 0.167. The number of likely N-dealkylation sites (tertiary alicyclic amines) is 1. The zero-order chi connectivity index (χ0) is 20.0. The van der Waals surface area contributed by atoms with Gasteiger partial charge in [0.15, 0.2) is 5.82 Å². The van der Waals surface area contributed by atoms with E-state index in [2.05, 4.69) is 21.6 Å². The molecule has 148 valence electrons. The predicted octanol–water partition coefficient (Wildman–Crippen LogP) is 2.25. The van der Waals surface area contributed by atoms with E-state index in [1.807, 2.05) is 41.8 Å². The van der Waals surface area contributed by atoms with Crippen molar-refractivity contribution >= 4 is 6.03 Å². The van der Waals surface area contributed by atoms with E-state index in [1.54, 1.807) is 18.3 Å². The molecule has 3 rings (SSSR count). The highest BCUT2D eigenvalue weighted by atomic mass is 16.5. The number of nitriles is 1. The molecule has 0 aliphatic carbocycles. The van der Waals surface area contributed by atoms with Gasteiger partial charge in [0.25, 0.3) is 0 Å². The van der Waals surface area contributed by atoms with Crippen LogP contribution in [-0.4, -0.2) is 52.5 Å². The van der Waals surface area contributed by atoms with Crippen LogP contribution in [0.5, 0.6) is 0 Å². The van der Waals surface area contributed by atoms with Crippen LogP contribution in [0.2, 0.25) is 0 Å². The number of nitrogens with zero attached hydrogens (tertiary/aromatic N) is 5. The van der Waals surface area contributed by atoms with Crippen LogP contribution in [0.15, 0.2) is 36.7 Å². The van der Waals surface area contributed by atoms with Crippen LogP contribution in [0.1, 0.15) is 37.2 Å². The topological polar surface area (TPSA) is 96.1 Å². The number of ether oxygens (including phenoxy) is 1. The molecule has 8 nitrogen and oxygen atoms in total. The second-order valence-electron chi connectivity index (χ2n) is 7.09. The first kappa shape index (κ1) is 19.8. The normalized spacial score (nSPS) is 17.0. The molecule has 1 aromatic heterocycles. The van der Waals surface area contributed by atoms with Gasteiger partial charge in [-0.3, -0.25) is 0 Å². The molecule has 1 N–H and O–H groups in total. The number of hydrogen-bond acceptors (Lipinski definition) is 5. The van der Waals surface area contributed by atoms with Crippen LogP contribution >= 0.6 is 0 Å². The van der Waals surface area contributed by atoms with Crippen molar-refractivity contribution in [2.75, 3.05) is 26.8 Å². The molecule has 1 aromatic carbocycles. The Morgan fingerprint density at radius 2 is 2.07 bits per heavy atom. The van der Waals surface area contributed by atoms with Crippen molar-refractivity contribution in [3.05, 3.63) is 48.0 Å². The Labute approximate surface area is 165 Å². The maximum atomic E-state index is 12.7. The molecule has 2 amide bonds. The summed E-state index contributed by atoms with van der Waals surface area (Å²) in [5, 5.41) is 20.8. The van der Waals surface area contributed by atoms with Crippen LogP contribution in [-0.2, 0) is 16.7 Å². The number of hydrogen-bond donors (Lipinski definition) is 1. The molecule has 2 heterocycles. The van der Waals surface area contributed by atoms with Gasteiger partial charge in [-0.2, -0.15) is 5.26 Å². The standard InChI is InChI=1S/C20H26N6O2/c1-16(18-24-22-15-26(18)12-13-28-2)23-19(27)25-10-8-20(14-21,9-11-25)17-6-4-3-5-7-17/h3-7,15-16H,8-13H2,1-2H3,(H,23,27). The lowest BCUT2D eigenvalue weighted by Crippen LogP contribution is -2.49. The average Bonchev–Trinajstić information content (AvgIpc) is 3.21. The summed E-state index contributed by atoms with van der Waals surface area (Å²) in [4.78, 5) is 14.5. The van der Waals surface area contributed by atoms with Gasteiger partial charge in [-0.1, -0.05) is 30.3 Å². The van der Waals surface area contributed by atoms with Gasteiger partial charge in [-0.15, -0.1) is 10.2 Å². The van der Waals surface area contributed by atoms with Gasteiger partial charge in [0.05, 0.1) is 24.1 Å². The SMILES string of the molecule is COCCn1cnnc1C(C)NC(=O)N1CCC(C#N)(c2ccccc2)CC1. The Hall–Kier alpha value is -2.92. The average molecular weight is 382 g/mol. The number of nitrogens with one attached hydrogen (secondary N) is 1. The minimum atomic E-state index is -0.524. The second kappa shape index (κ2) is 8.85. The van der Waals surface area contributed by atoms with Crippen molar-refractivity contribution in [3.63, 3.8) is 0 Å². The Balaban J connectivity index is 1.60. The van der Waals surface area contributed by atoms with Crippen molar-refractivity contribution in [1.82, 2.24) is 25.0 Å². The molecule has 28 heavy (non-hydrogen) atoms. The molecular weight excluding hydrogens is 356 g/mol. The highest BCUT2D eigenvalue weighted by Crippen LogP contribution is 2.34. The monoisotopic (exact) mass is 382 g/mol. The fourth-order valence-corrected chi connectivity index (χ4v) is 3.62. The van der Waals surface area contributed by atoms with Crippen molar-refractivity contribution < 1.29 is 9.53 Å². The molecule has 1 fully saturated rings. The smallest absolute Gasteiger partial charge is 0.317 e. The zero-order valence-corrected chi connectivity index (χ0v) is 16.3. The minimum Gasteiger partial charge on any atom is -0.383 e. The molecule has 0 radical (unpaired) electrons. The summed E-state index contributed by atoms with van der Waals surface area (Å²) < 4.78 is 6.97. The highest BCUT2D eigenvalue weighted by Gasteiger charge is 2.37. The first-order chi connectivity index (χ1) is 13.6. The molecule has 1 unspecified atom stereocenters. The van der Waals surface area contributed by atoms with Crippen LogP contribution < -0.4 is 5.32 Å². The molecule has 2 aromatic rings.